The molecule has 0 radical (unpaired) electrons. The van der Waals surface area contributed by atoms with E-state index in [1.54, 1.807) is 14.0 Å². The number of aliphatic hydroxyl groups excluding tert-OH is 1. The van der Waals surface area contributed by atoms with Gasteiger partial charge in [0.1, 0.15) is 0 Å². The minimum absolute atomic E-state index is 0.134. The number of aromatic nitrogens is 2. The number of rotatable bonds is 9. The molecule has 0 atom stereocenters. The number of hydrogen-bond donors (Lipinski definition) is 3. The van der Waals surface area contributed by atoms with Crippen LogP contribution in [-0.2, 0) is 21.2 Å². The first kappa shape index (κ1) is 20.5. The van der Waals surface area contributed by atoms with Gasteiger partial charge in [0.05, 0.1) is 40.7 Å². The van der Waals surface area contributed by atoms with Crippen LogP contribution >= 0.6 is 0 Å². The second-order valence-corrected chi connectivity index (χ2v) is 9.01. The van der Waals surface area contributed by atoms with Crippen LogP contribution in [0.2, 0.25) is 0 Å². The first-order valence-corrected chi connectivity index (χ1v) is 11.0. The van der Waals surface area contributed by atoms with Crippen molar-refractivity contribution in [1.29, 1.82) is 0 Å². The van der Waals surface area contributed by atoms with E-state index in [9.17, 15) is 18.3 Å². The molecule has 8 nitrogen and oxygen atoms in total. The Bertz CT molecular complexity index is 993. The molecular weight excluding hydrogens is 382 g/mol. The monoisotopic (exact) mass is 407 g/mol. The van der Waals surface area contributed by atoms with E-state index in [1.807, 2.05) is 0 Å². The first-order chi connectivity index (χ1) is 13.3. The molecule has 0 saturated heterocycles. The van der Waals surface area contributed by atoms with Gasteiger partial charge in [0.25, 0.3) is 0 Å². The van der Waals surface area contributed by atoms with Crippen LogP contribution in [0.25, 0.3) is 0 Å². The van der Waals surface area contributed by atoms with E-state index >= 15 is 0 Å². The lowest BCUT2D eigenvalue weighted by Crippen LogP contribution is -2.15. The number of hydrogen-bond acceptors (Lipinski definition) is 7. The Labute approximate surface area is 164 Å². The molecule has 28 heavy (non-hydrogen) atoms. The summed E-state index contributed by atoms with van der Waals surface area (Å²) in [7, 11) is -1.93. The van der Waals surface area contributed by atoms with Crippen LogP contribution in [0.15, 0.2) is 17.0 Å². The van der Waals surface area contributed by atoms with Crippen molar-refractivity contribution in [1.82, 2.24) is 10.2 Å². The zero-order valence-electron chi connectivity index (χ0n) is 16.2. The van der Waals surface area contributed by atoms with Crippen molar-refractivity contribution < 1.29 is 23.1 Å². The maximum absolute atomic E-state index is 13.3. The van der Waals surface area contributed by atoms with Crippen molar-refractivity contribution in [3.05, 3.63) is 40.2 Å². The molecule has 1 saturated carbocycles. The molecule has 1 aromatic carbocycles. The van der Waals surface area contributed by atoms with E-state index in [0.717, 1.165) is 19.1 Å². The normalized spacial score (nSPS) is 14.3. The second-order valence-electron chi connectivity index (χ2n) is 7.03. The van der Waals surface area contributed by atoms with Gasteiger partial charge in [-0.1, -0.05) is 0 Å². The summed E-state index contributed by atoms with van der Waals surface area (Å²) in [5.41, 5.74) is 2.76. The number of sulfone groups is 1. The average molecular weight is 407 g/mol. The molecule has 0 bridgehead atoms. The van der Waals surface area contributed by atoms with Crippen molar-refractivity contribution in [2.75, 3.05) is 31.8 Å². The van der Waals surface area contributed by atoms with Gasteiger partial charge in [-0.25, -0.2) is 8.42 Å². The largest absolute Gasteiger partial charge is 0.390 e. The van der Waals surface area contributed by atoms with Gasteiger partial charge < -0.3 is 15.2 Å². The Morgan fingerprint density at radius 2 is 2.11 bits per heavy atom. The number of H-pyrrole nitrogens is 1. The van der Waals surface area contributed by atoms with Crippen molar-refractivity contribution in [3.8, 4) is 0 Å². The third kappa shape index (κ3) is 3.96. The summed E-state index contributed by atoms with van der Waals surface area (Å²) in [4.78, 5) is 13.5. The molecule has 1 aromatic heterocycles. The molecule has 2 aromatic rings. The Morgan fingerprint density at radius 1 is 1.39 bits per heavy atom. The van der Waals surface area contributed by atoms with E-state index < -0.39 is 9.84 Å². The van der Waals surface area contributed by atoms with Gasteiger partial charge in [-0.3, -0.25) is 9.89 Å². The van der Waals surface area contributed by atoms with Gasteiger partial charge in [0.2, 0.25) is 0 Å². The van der Waals surface area contributed by atoms with E-state index in [-0.39, 0.29) is 23.2 Å². The fraction of sp³-hybridized carbons (Fsp3) is 0.474. The van der Waals surface area contributed by atoms with Crippen LogP contribution in [0.1, 0.15) is 51.6 Å². The number of nitrogens with one attached hydrogen (secondary N) is 2. The zero-order chi connectivity index (χ0) is 20.5. The molecular formula is C19H25N3O5S. The third-order valence-electron chi connectivity index (χ3n) is 4.90. The van der Waals surface area contributed by atoms with Crippen LogP contribution in [-0.4, -0.2) is 56.0 Å². The zero-order valence-corrected chi connectivity index (χ0v) is 17.0. The highest BCUT2D eigenvalue weighted by Gasteiger charge is 2.34. The van der Waals surface area contributed by atoms with Gasteiger partial charge in [-0.15, -0.1) is 0 Å². The highest BCUT2D eigenvalue weighted by molar-refractivity contribution is 7.90. The lowest BCUT2D eigenvalue weighted by molar-refractivity contribution is 0.103. The molecule has 3 rings (SSSR count). The van der Waals surface area contributed by atoms with E-state index in [1.165, 1.54) is 12.1 Å². The SMILES string of the molecule is COCCNc1c(S(C)(=O)=O)ccc(C(=O)c2c(C3CC3)n[nH]c2CO)c1C. The molecule has 1 fully saturated rings. The number of carbonyl (C=O) groups is 1. The molecule has 0 spiro atoms. The molecule has 3 N–H and O–H groups in total. The van der Waals surface area contributed by atoms with Crippen LogP contribution < -0.4 is 5.32 Å². The fourth-order valence-corrected chi connectivity index (χ4v) is 4.20. The molecule has 0 aliphatic heterocycles. The number of aromatic amines is 1. The number of ether oxygens (including phenoxy) is 1. The Kier molecular flexibility index (Phi) is 5.87. The van der Waals surface area contributed by atoms with Crippen LogP contribution in [0.5, 0.6) is 0 Å². The van der Waals surface area contributed by atoms with Gasteiger partial charge >= 0.3 is 0 Å². The first-order valence-electron chi connectivity index (χ1n) is 9.08. The van der Waals surface area contributed by atoms with E-state index in [4.69, 9.17) is 4.74 Å². The Hall–Kier alpha value is -2.23. The number of carbonyl (C=O) groups excluding carboxylic acids is 1. The molecule has 0 amide bonds. The van der Waals surface area contributed by atoms with E-state index in [0.29, 0.717) is 46.9 Å². The van der Waals surface area contributed by atoms with Crippen LogP contribution in [0.3, 0.4) is 0 Å². The van der Waals surface area contributed by atoms with Crippen molar-refractivity contribution in [3.63, 3.8) is 0 Å². The fourth-order valence-electron chi connectivity index (χ4n) is 3.29. The maximum Gasteiger partial charge on any atom is 0.197 e. The molecule has 0 unspecified atom stereocenters. The number of ketones is 1. The molecule has 1 heterocycles. The summed E-state index contributed by atoms with van der Waals surface area (Å²) >= 11 is 0. The smallest absolute Gasteiger partial charge is 0.197 e. The molecule has 1 aliphatic rings. The predicted molar refractivity (Wildman–Crippen MR) is 105 cm³/mol. The number of nitrogens with zero attached hydrogens (tertiary/aromatic N) is 1. The Balaban J connectivity index is 2.09. The predicted octanol–water partition coefficient (Wildman–Crippen LogP) is 1.78. The standard InChI is InChI=1S/C19H25N3O5S/c1-11-13(6-7-15(28(3,25)26)17(11)20-8-9-27-2)19(24)16-14(10-23)21-22-18(16)12-4-5-12/h6-7,12,20,23H,4-5,8-10H2,1-3H3,(H,21,22). The maximum atomic E-state index is 13.3. The Morgan fingerprint density at radius 3 is 2.68 bits per heavy atom. The minimum Gasteiger partial charge on any atom is -0.390 e. The topological polar surface area (TPSA) is 121 Å². The highest BCUT2D eigenvalue weighted by atomic mass is 32.2. The molecule has 9 heteroatoms. The number of aliphatic hydroxyl groups is 1. The molecule has 1 aliphatic carbocycles. The minimum atomic E-state index is -3.49. The van der Waals surface area contributed by atoms with Crippen molar-refractivity contribution in [2.24, 2.45) is 0 Å². The van der Waals surface area contributed by atoms with Gasteiger partial charge in [0, 0.05) is 31.4 Å². The average Bonchev–Trinajstić information content (AvgIpc) is 3.40. The van der Waals surface area contributed by atoms with Crippen molar-refractivity contribution in [2.45, 2.75) is 37.2 Å². The van der Waals surface area contributed by atoms with Gasteiger partial charge in [-0.2, -0.15) is 5.10 Å². The lowest BCUT2D eigenvalue weighted by Gasteiger charge is -2.17. The van der Waals surface area contributed by atoms with Crippen LogP contribution in [0, 0.1) is 6.92 Å². The third-order valence-corrected chi connectivity index (χ3v) is 6.04. The summed E-state index contributed by atoms with van der Waals surface area (Å²) < 4.78 is 29.4. The highest BCUT2D eigenvalue weighted by Crippen LogP contribution is 2.42. The summed E-state index contributed by atoms with van der Waals surface area (Å²) in [6.45, 7) is 2.19. The summed E-state index contributed by atoms with van der Waals surface area (Å²) in [6, 6.07) is 2.97. The number of benzene rings is 1. The molecule has 152 valence electrons. The van der Waals surface area contributed by atoms with E-state index in [2.05, 4.69) is 15.5 Å². The summed E-state index contributed by atoms with van der Waals surface area (Å²) in [5, 5.41) is 19.7. The van der Waals surface area contributed by atoms with Gasteiger partial charge in [0.15, 0.2) is 15.6 Å². The quantitative estimate of drug-likeness (QED) is 0.428. The van der Waals surface area contributed by atoms with Crippen LogP contribution in [0.4, 0.5) is 5.69 Å². The van der Waals surface area contributed by atoms with Gasteiger partial charge in [-0.05, 0) is 37.5 Å². The second kappa shape index (κ2) is 8.02. The number of methoxy groups -OCH3 is 1. The summed E-state index contributed by atoms with van der Waals surface area (Å²) in [5.74, 6) is -0.0440. The number of anilines is 1. The van der Waals surface area contributed by atoms with Crippen molar-refractivity contribution >= 4 is 21.3 Å². The lowest BCUT2D eigenvalue weighted by atomic mass is 9.95. The summed E-state index contributed by atoms with van der Waals surface area (Å²) in [6.07, 6.45) is 3.06.